The van der Waals surface area contributed by atoms with Crippen molar-refractivity contribution < 1.29 is 14.3 Å². The van der Waals surface area contributed by atoms with Crippen molar-refractivity contribution in [3.8, 4) is 0 Å². The van der Waals surface area contributed by atoms with E-state index in [-0.39, 0.29) is 17.9 Å². The van der Waals surface area contributed by atoms with E-state index in [9.17, 15) is 9.59 Å². The molecule has 4 rings (SSSR count). The van der Waals surface area contributed by atoms with Gasteiger partial charge in [-0.2, -0.15) is 5.10 Å². The predicted molar refractivity (Wildman–Crippen MR) is 99.2 cm³/mol. The summed E-state index contributed by atoms with van der Waals surface area (Å²) >= 11 is 0. The summed E-state index contributed by atoms with van der Waals surface area (Å²) in [5, 5.41) is 4.40. The summed E-state index contributed by atoms with van der Waals surface area (Å²) in [5.41, 5.74) is 2.70. The largest absolute Gasteiger partial charge is 0.378 e. The van der Waals surface area contributed by atoms with E-state index in [0.717, 1.165) is 11.3 Å². The average molecular weight is 368 g/mol. The van der Waals surface area contributed by atoms with E-state index in [1.165, 1.54) is 0 Å². The van der Waals surface area contributed by atoms with Gasteiger partial charge in [-0.15, -0.1) is 0 Å². The SMILES string of the molecule is Cc1cccc(C(=O)N2Cc3ccnn3C(CC(=O)N3CCOCC3)C2)c1. The fourth-order valence-electron chi connectivity index (χ4n) is 3.80. The molecule has 2 amide bonds. The quantitative estimate of drug-likeness (QED) is 0.826. The van der Waals surface area contributed by atoms with E-state index < -0.39 is 0 Å². The minimum absolute atomic E-state index is 0.00466. The molecule has 1 aromatic heterocycles. The van der Waals surface area contributed by atoms with Gasteiger partial charge in [-0.3, -0.25) is 14.3 Å². The molecule has 142 valence electrons. The Bertz CT molecular complexity index is 841. The number of carbonyl (C=O) groups is 2. The number of benzene rings is 1. The first-order valence-electron chi connectivity index (χ1n) is 9.35. The van der Waals surface area contributed by atoms with Gasteiger partial charge in [-0.1, -0.05) is 17.7 Å². The zero-order valence-corrected chi connectivity index (χ0v) is 15.5. The van der Waals surface area contributed by atoms with Crippen LogP contribution in [0.3, 0.4) is 0 Å². The first kappa shape index (κ1) is 17.7. The van der Waals surface area contributed by atoms with Gasteiger partial charge in [-0.25, -0.2) is 0 Å². The Hall–Kier alpha value is -2.67. The van der Waals surface area contributed by atoms with Crippen molar-refractivity contribution in [2.45, 2.75) is 25.9 Å². The maximum absolute atomic E-state index is 13.0. The summed E-state index contributed by atoms with van der Waals surface area (Å²) in [6.45, 7) is 5.40. The van der Waals surface area contributed by atoms with Crippen LogP contribution in [0.25, 0.3) is 0 Å². The summed E-state index contributed by atoms with van der Waals surface area (Å²) in [5.74, 6) is 0.0876. The van der Waals surface area contributed by atoms with Crippen molar-refractivity contribution >= 4 is 11.8 Å². The number of carbonyl (C=O) groups excluding carboxylic acids is 2. The Kier molecular flexibility index (Phi) is 4.94. The van der Waals surface area contributed by atoms with E-state index >= 15 is 0 Å². The normalized spacial score (nSPS) is 19.7. The third-order valence-electron chi connectivity index (χ3n) is 5.21. The lowest BCUT2D eigenvalue weighted by atomic mass is 10.1. The summed E-state index contributed by atoms with van der Waals surface area (Å²) in [4.78, 5) is 29.4. The highest BCUT2D eigenvalue weighted by molar-refractivity contribution is 5.94. The lowest BCUT2D eigenvalue weighted by Crippen LogP contribution is -2.45. The number of hydrogen-bond donors (Lipinski definition) is 0. The average Bonchev–Trinajstić information content (AvgIpc) is 3.17. The molecular formula is C20H24N4O3. The zero-order chi connectivity index (χ0) is 18.8. The fraction of sp³-hybridized carbons (Fsp3) is 0.450. The van der Waals surface area contributed by atoms with Crippen LogP contribution in [0.2, 0.25) is 0 Å². The van der Waals surface area contributed by atoms with Crippen molar-refractivity contribution in [1.82, 2.24) is 19.6 Å². The van der Waals surface area contributed by atoms with Crippen LogP contribution in [0.4, 0.5) is 0 Å². The molecule has 0 aliphatic carbocycles. The van der Waals surface area contributed by atoms with E-state index in [1.54, 1.807) is 6.20 Å². The molecule has 0 bridgehead atoms. The predicted octanol–water partition coefficient (Wildman–Crippen LogP) is 1.64. The molecule has 2 aliphatic rings. The molecule has 0 spiro atoms. The Morgan fingerprint density at radius 2 is 2.00 bits per heavy atom. The summed E-state index contributed by atoms with van der Waals surface area (Å²) in [6.07, 6.45) is 2.08. The van der Waals surface area contributed by atoms with Crippen LogP contribution in [0.5, 0.6) is 0 Å². The third-order valence-corrected chi connectivity index (χ3v) is 5.21. The molecule has 7 nitrogen and oxygen atoms in total. The lowest BCUT2D eigenvalue weighted by molar-refractivity contribution is -0.136. The topological polar surface area (TPSA) is 67.7 Å². The number of aryl methyl sites for hydroxylation is 1. The number of aromatic nitrogens is 2. The van der Waals surface area contributed by atoms with Gasteiger partial charge < -0.3 is 14.5 Å². The molecule has 1 aromatic carbocycles. The Balaban J connectivity index is 1.52. The number of fused-ring (bicyclic) bond motifs is 1. The molecule has 1 saturated heterocycles. The number of nitrogens with zero attached hydrogens (tertiary/aromatic N) is 4. The van der Waals surface area contributed by atoms with Crippen LogP contribution in [0, 0.1) is 6.92 Å². The highest BCUT2D eigenvalue weighted by Crippen LogP contribution is 2.25. The van der Waals surface area contributed by atoms with Crippen LogP contribution >= 0.6 is 0 Å². The number of ether oxygens (including phenoxy) is 1. The van der Waals surface area contributed by atoms with Gasteiger partial charge in [0.2, 0.25) is 5.91 Å². The molecule has 7 heteroatoms. The first-order valence-corrected chi connectivity index (χ1v) is 9.35. The zero-order valence-electron chi connectivity index (χ0n) is 15.5. The van der Waals surface area contributed by atoms with Gasteiger partial charge in [0.1, 0.15) is 0 Å². The third kappa shape index (κ3) is 3.73. The number of amides is 2. The van der Waals surface area contributed by atoms with Crippen LogP contribution in [-0.2, 0) is 16.1 Å². The Morgan fingerprint density at radius 3 is 2.78 bits per heavy atom. The monoisotopic (exact) mass is 368 g/mol. The van der Waals surface area contributed by atoms with E-state index in [4.69, 9.17) is 4.74 Å². The highest BCUT2D eigenvalue weighted by Gasteiger charge is 2.31. The van der Waals surface area contributed by atoms with Gasteiger partial charge in [0, 0.05) is 31.4 Å². The molecule has 1 unspecified atom stereocenters. The van der Waals surface area contributed by atoms with Crippen LogP contribution in [-0.4, -0.2) is 64.2 Å². The molecule has 2 aromatic rings. The maximum Gasteiger partial charge on any atom is 0.254 e. The molecular weight excluding hydrogens is 344 g/mol. The van der Waals surface area contributed by atoms with E-state index in [1.807, 2.05) is 51.7 Å². The second kappa shape index (κ2) is 7.52. The minimum Gasteiger partial charge on any atom is -0.378 e. The lowest BCUT2D eigenvalue weighted by Gasteiger charge is -2.35. The number of hydrogen-bond acceptors (Lipinski definition) is 4. The van der Waals surface area contributed by atoms with E-state index in [2.05, 4.69) is 5.10 Å². The van der Waals surface area contributed by atoms with Crippen LogP contribution in [0.15, 0.2) is 36.5 Å². The van der Waals surface area contributed by atoms with E-state index in [0.29, 0.717) is 51.4 Å². The molecule has 27 heavy (non-hydrogen) atoms. The van der Waals surface area contributed by atoms with Gasteiger partial charge in [-0.05, 0) is 25.1 Å². The fourth-order valence-corrected chi connectivity index (χ4v) is 3.80. The molecule has 0 saturated carbocycles. The number of morpholine rings is 1. The second-order valence-electron chi connectivity index (χ2n) is 7.17. The Labute approximate surface area is 158 Å². The van der Waals surface area contributed by atoms with Crippen molar-refractivity contribution in [2.24, 2.45) is 0 Å². The van der Waals surface area contributed by atoms with Crippen molar-refractivity contribution in [2.75, 3.05) is 32.8 Å². The first-order chi connectivity index (χ1) is 13.1. The molecule has 3 heterocycles. The number of rotatable bonds is 3. The van der Waals surface area contributed by atoms with Crippen molar-refractivity contribution in [3.63, 3.8) is 0 Å². The summed E-state index contributed by atoms with van der Waals surface area (Å²) in [6, 6.07) is 9.40. The molecule has 1 fully saturated rings. The standard InChI is InChI=1S/C20H24N4O3/c1-15-3-2-4-16(11-15)20(26)23-13-17-5-6-21-24(17)18(14-23)12-19(25)22-7-9-27-10-8-22/h2-6,11,18H,7-10,12-14H2,1H3. The molecule has 0 N–H and O–H groups in total. The van der Waals surface area contributed by atoms with Gasteiger partial charge in [0.05, 0.1) is 37.9 Å². The van der Waals surface area contributed by atoms with Crippen molar-refractivity contribution in [1.29, 1.82) is 0 Å². The summed E-state index contributed by atoms with van der Waals surface area (Å²) in [7, 11) is 0. The van der Waals surface area contributed by atoms with Crippen molar-refractivity contribution in [3.05, 3.63) is 53.3 Å². The van der Waals surface area contributed by atoms with Gasteiger partial charge >= 0.3 is 0 Å². The van der Waals surface area contributed by atoms with Gasteiger partial charge in [0.15, 0.2) is 0 Å². The molecule has 0 radical (unpaired) electrons. The van der Waals surface area contributed by atoms with Gasteiger partial charge in [0.25, 0.3) is 5.91 Å². The van der Waals surface area contributed by atoms with Crippen LogP contribution in [0.1, 0.15) is 34.1 Å². The second-order valence-corrected chi connectivity index (χ2v) is 7.17. The molecule has 1 atom stereocenters. The highest BCUT2D eigenvalue weighted by atomic mass is 16.5. The minimum atomic E-state index is -0.146. The smallest absolute Gasteiger partial charge is 0.254 e. The summed E-state index contributed by atoms with van der Waals surface area (Å²) < 4.78 is 7.23. The van der Waals surface area contributed by atoms with Crippen LogP contribution < -0.4 is 0 Å². The maximum atomic E-state index is 13.0. The Morgan fingerprint density at radius 1 is 1.19 bits per heavy atom. The molecule has 2 aliphatic heterocycles.